The smallest absolute Gasteiger partial charge is 0.335 e. The van der Waals surface area contributed by atoms with Crippen molar-refractivity contribution in [2.75, 3.05) is 0 Å². The first kappa shape index (κ1) is 17.1. The van der Waals surface area contributed by atoms with E-state index >= 15 is 0 Å². The third kappa shape index (κ3) is 4.13. The van der Waals surface area contributed by atoms with Gasteiger partial charge in [-0.15, -0.1) is 11.3 Å². The molecule has 23 heavy (non-hydrogen) atoms. The molecule has 0 fully saturated rings. The standard InChI is InChI=1S/C18H19NO3S/c1-11-15(23-17(19-11)18(2,3)4)14(20)10-7-12-5-8-13(9-6-12)16(21)22/h5-10H,1-4H3,(H,21,22). The molecule has 0 aliphatic rings. The number of rotatable bonds is 4. The van der Waals surface area contributed by atoms with Crippen LogP contribution in [0, 0.1) is 6.92 Å². The van der Waals surface area contributed by atoms with Crippen LogP contribution in [0.2, 0.25) is 0 Å². The van der Waals surface area contributed by atoms with Crippen LogP contribution in [0.5, 0.6) is 0 Å². The van der Waals surface area contributed by atoms with E-state index in [0.717, 1.165) is 16.3 Å². The van der Waals surface area contributed by atoms with Crippen LogP contribution in [0.1, 0.15) is 57.1 Å². The molecular weight excluding hydrogens is 310 g/mol. The topological polar surface area (TPSA) is 67.3 Å². The van der Waals surface area contributed by atoms with Crippen LogP contribution in [0.15, 0.2) is 30.3 Å². The summed E-state index contributed by atoms with van der Waals surface area (Å²) in [7, 11) is 0. The number of carbonyl (C=O) groups is 2. The van der Waals surface area contributed by atoms with Crippen LogP contribution >= 0.6 is 11.3 Å². The summed E-state index contributed by atoms with van der Waals surface area (Å²) in [5.74, 6) is -1.05. The number of aryl methyl sites for hydroxylation is 1. The molecule has 0 spiro atoms. The van der Waals surface area contributed by atoms with Gasteiger partial charge in [0.25, 0.3) is 0 Å². The molecule has 0 aliphatic heterocycles. The number of benzene rings is 1. The zero-order chi connectivity index (χ0) is 17.2. The third-order valence-electron chi connectivity index (χ3n) is 3.25. The molecule has 4 nitrogen and oxygen atoms in total. The van der Waals surface area contributed by atoms with Gasteiger partial charge in [0, 0.05) is 5.41 Å². The SMILES string of the molecule is Cc1nc(C(C)(C)C)sc1C(=O)C=Cc1ccc(C(=O)O)cc1. The number of hydrogen-bond donors (Lipinski definition) is 1. The Bertz CT molecular complexity index is 765. The van der Waals surface area contributed by atoms with Gasteiger partial charge in [-0.25, -0.2) is 9.78 Å². The molecule has 1 heterocycles. The quantitative estimate of drug-likeness (QED) is 0.669. The maximum atomic E-state index is 12.3. The van der Waals surface area contributed by atoms with Gasteiger partial charge in [-0.2, -0.15) is 0 Å². The van der Waals surface area contributed by atoms with Crippen molar-refractivity contribution in [3.63, 3.8) is 0 Å². The molecule has 0 saturated heterocycles. The third-order valence-corrected chi connectivity index (χ3v) is 4.84. The molecule has 0 bridgehead atoms. The van der Waals surface area contributed by atoms with E-state index in [0.29, 0.717) is 4.88 Å². The molecule has 1 aromatic carbocycles. The van der Waals surface area contributed by atoms with Gasteiger partial charge in [-0.05, 0) is 30.7 Å². The Hall–Kier alpha value is -2.27. The average Bonchev–Trinajstić information content (AvgIpc) is 2.87. The Morgan fingerprint density at radius 2 is 1.78 bits per heavy atom. The summed E-state index contributed by atoms with van der Waals surface area (Å²) in [6.07, 6.45) is 3.19. The lowest BCUT2D eigenvalue weighted by Gasteiger charge is -2.13. The van der Waals surface area contributed by atoms with E-state index in [2.05, 4.69) is 25.8 Å². The molecule has 0 saturated carbocycles. The number of carbonyl (C=O) groups excluding carboxylic acids is 1. The normalized spacial score (nSPS) is 11.8. The van der Waals surface area contributed by atoms with Crippen molar-refractivity contribution in [1.29, 1.82) is 0 Å². The number of ketones is 1. The van der Waals surface area contributed by atoms with Gasteiger partial charge in [0.1, 0.15) is 0 Å². The zero-order valence-electron chi connectivity index (χ0n) is 13.6. The van der Waals surface area contributed by atoms with Gasteiger partial charge in [0.15, 0.2) is 5.78 Å². The zero-order valence-corrected chi connectivity index (χ0v) is 14.4. The largest absolute Gasteiger partial charge is 0.478 e. The molecule has 1 N–H and O–H groups in total. The maximum absolute atomic E-state index is 12.3. The van der Waals surface area contributed by atoms with Gasteiger partial charge >= 0.3 is 5.97 Å². The lowest BCUT2D eigenvalue weighted by atomic mass is 9.98. The van der Waals surface area contributed by atoms with Gasteiger partial charge in [-0.1, -0.05) is 39.0 Å². The number of aromatic carboxylic acids is 1. The molecule has 5 heteroatoms. The fourth-order valence-electron chi connectivity index (χ4n) is 1.93. The second kappa shape index (κ2) is 6.46. The van der Waals surface area contributed by atoms with Crippen LogP contribution < -0.4 is 0 Å². The van der Waals surface area contributed by atoms with Gasteiger partial charge < -0.3 is 5.11 Å². The summed E-state index contributed by atoms with van der Waals surface area (Å²) in [5.41, 5.74) is 1.67. The molecule has 0 atom stereocenters. The molecule has 120 valence electrons. The molecule has 2 aromatic rings. The number of nitrogens with zero attached hydrogens (tertiary/aromatic N) is 1. The molecule has 0 aliphatic carbocycles. The Morgan fingerprint density at radius 3 is 2.26 bits per heavy atom. The first-order valence-electron chi connectivity index (χ1n) is 7.22. The highest BCUT2D eigenvalue weighted by atomic mass is 32.1. The van der Waals surface area contributed by atoms with E-state index < -0.39 is 5.97 Å². The van der Waals surface area contributed by atoms with E-state index in [1.54, 1.807) is 18.2 Å². The van der Waals surface area contributed by atoms with Gasteiger partial charge in [-0.3, -0.25) is 4.79 Å². The second-order valence-electron chi connectivity index (χ2n) is 6.31. The number of thiazole rings is 1. The predicted octanol–water partition coefficient (Wildman–Crippen LogP) is 4.34. The molecule has 2 rings (SSSR count). The van der Waals surface area contributed by atoms with Crippen LogP contribution in [-0.4, -0.2) is 21.8 Å². The van der Waals surface area contributed by atoms with Gasteiger partial charge in [0.05, 0.1) is 21.1 Å². The van der Waals surface area contributed by atoms with Crippen molar-refractivity contribution < 1.29 is 14.7 Å². The van der Waals surface area contributed by atoms with E-state index in [1.165, 1.54) is 29.5 Å². The lowest BCUT2D eigenvalue weighted by molar-refractivity contribution is 0.0696. The molecule has 1 aromatic heterocycles. The molecular formula is C18H19NO3S. The van der Waals surface area contributed by atoms with E-state index in [1.807, 2.05) is 6.92 Å². The monoisotopic (exact) mass is 329 g/mol. The minimum atomic E-state index is -0.966. The van der Waals surface area contributed by atoms with Crippen LogP contribution in [0.4, 0.5) is 0 Å². The summed E-state index contributed by atoms with van der Waals surface area (Å²) in [6.45, 7) is 8.05. The van der Waals surface area contributed by atoms with Crippen molar-refractivity contribution in [3.05, 3.63) is 57.0 Å². The second-order valence-corrected chi connectivity index (χ2v) is 7.31. The number of aromatic nitrogens is 1. The Kier molecular flexibility index (Phi) is 4.80. The number of hydrogen-bond acceptors (Lipinski definition) is 4. The molecule has 0 amide bonds. The Labute approximate surface area is 139 Å². The van der Waals surface area contributed by atoms with Crippen molar-refractivity contribution in [2.45, 2.75) is 33.1 Å². The lowest BCUT2D eigenvalue weighted by Crippen LogP contribution is -2.10. The fraction of sp³-hybridized carbons (Fsp3) is 0.278. The summed E-state index contributed by atoms with van der Waals surface area (Å²) in [4.78, 5) is 28.3. The number of carboxylic acids is 1. The summed E-state index contributed by atoms with van der Waals surface area (Å²) in [6, 6.07) is 6.38. The maximum Gasteiger partial charge on any atom is 0.335 e. The minimum absolute atomic E-state index is 0.0790. The van der Waals surface area contributed by atoms with Crippen molar-refractivity contribution >= 4 is 29.2 Å². The van der Waals surface area contributed by atoms with Crippen LogP contribution in [0.25, 0.3) is 6.08 Å². The van der Waals surface area contributed by atoms with Crippen LogP contribution in [0.3, 0.4) is 0 Å². The first-order chi connectivity index (χ1) is 10.7. The molecule has 0 radical (unpaired) electrons. The predicted molar refractivity (Wildman–Crippen MR) is 92.3 cm³/mol. The molecule has 0 unspecified atom stereocenters. The van der Waals surface area contributed by atoms with Crippen LogP contribution in [-0.2, 0) is 5.41 Å². The van der Waals surface area contributed by atoms with E-state index in [-0.39, 0.29) is 16.8 Å². The minimum Gasteiger partial charge on any atom is -0.478 e. The number of carboxylic acid groups (broad SMARTS) is 1. The summed E-state index contributed by atoms with van der Waals surface area (Å²) >= 11 is 1.43. The Morgan fingerprint density at radius 1 is 1.17 bits per heavy atom. The highest BCUT2D eigenvalue weighted by molar-refractivity contribution is 7.14. The number of allylic oxidation sites excluding steroid dienone is 1. The average molecular weight is 329 g/mol. The summed E-state index contributed by atoms with van der Waals surface area (Å²) in [5, 5.41) is 9.81. The van der Waals surface area contributed by atoms with Crippen molar-refractivity contribution in [1.82, 2.24) is 4.98 Å². The van der Waals surface area contributed by atoms with E-state index in [9.17, 15) is 9.59 Å². The summed E-state index contributed by atoms with van der Waals surface area (Å²) < 4.78 is 0. The van der Waals surface area contributed by atoms with Crippen molar-refractivity contribution in [3.8, 4) is 0 Å². The highest BCUT2D eigenvalue weighted by Crippen LogP contribution is 2.29. The highest BCUT2D eigenvalue weighted by Gasteiger charge is 2.22. The van der Waals surface area contributed by atoms with E-state index in [4.69, 9.17) is 5.11 Å². The van der Waals surface area contributed by atoms with Gasteiger partial charge in [0.2, 0.25) is 0 Å². The fourth-order valence-corrected chi connectivity index (χ4v) is 2.97. The Balaban J connectivity index is 2.18. The van der Waals surface area contributed by atoms with Crippen molar-refractivity contribution in [2.24, 2.45) is 0 Å². The first-order valence-corrected chi connectivity index (χ1v) is 8.04.